The number of hydrogen-bond acceptors (Lipinski definition) is 4. The van der Waals surface area contributed by atoms with Crippen molar-refractivity contribution in [1.82, 2.24) is 15.0 Å². The molecule has 0 bridgehead atoms. The molecule has 1 N–H and O–H groups in total. The third kappa shape index (κ3) is 4.49. The molecule has 2 aromatic carbocycles. The van der Waals surface area contributed by atoms with Crippen molar-refractivity contribution in [3.8, 4) is 17.3 Å². The molecule has 0 spiro atoms. The van der Waals surface area contributed by atoms with Crippen molar-refractivity contribution in [3.63, 3.8) is 0 Å². The van der Waals surface area contributed by atoms with Gasteiger partial charge >= 0.3 is 0 Å². The number of aromatic nitrogens is 3. The van der Waals surface area contributed by atoms with Gasteiger partial charge < -0.3 is 14.1 Å². The third-order valence-corrected chi connectivity index (χ3v) is 4.36. The SMILES string of the molecule is CC(C)COc1ccc(Cl)cc1Cc1nc(-c2nc3ccccc3[nH]2)co1.Cl. The number of benzene rings is 2. The molecule has 2 heterocycles. The molecule has 28 heavy (non-hydrogen) atoms. The number of oxazole rings is 1. The van der Waals surface area contributed by atoms with E-state index in [0.29, 0.717) is 41.4 Å². The largest absolute Gasteiger partial charge is 0.493 e. The Morgan fingerprint density at radius 2 is 1.96 bits per heavy atom. The number of nitrogens with one attached hydrogen (secondary N) is 1. The first kappa shape index (κ1) is 20.2. The molecule has 0 saturated carbocycles. The van der Waals surface area contributed by atoms with E-state index in [2.05, 4.69) is 28.8 Å². The van der Waals surface area contributed by atoms with Crippen molar-refractivity contribution >= 4 is 35.0 Å². The maximum absolute atomic E-state index is 6.17. The molecule has 146 valence electrons. The van der Waals surface area contributed by atoms with Gasteiger partial charge in [0.2, 0.25) is 0 Å². The maximum Gasteiger partial charge on any atom is 0.199 e. The molecule has 0 atom stereocenters. The number of H-pyrrole nitrogens is 1. The highest BCUT2D eigenvalue weighted by atomic mass is 35.5. The number of ether oxygens (including phenoxy) is 1. The number of aromatic amines is 1. The van der Waals surface area contributed by atoms with E-state index in [1.165, 1.54) is 0 Å². The Balaban J connectivity index is 0.00000225. The van der Waals surface area contributed by atoms with Crippen LogP contribution in [0.4, 0.5) is 0 Å². The fraction of sp³-hybridized carbons (Fsp3) is 0.238. The van der Waals surface area contributed by atoms with Gasteiger partial charge in [0.25, 0.3) is 0 Å². The Labute approximate surface area is 174 Å². The van der Waals surface area contributed by atoms with E-state index in [1.54, 1.807) is 6.26 Å². The van der Waals surface area contributed by atoms with Crippen LogP contribution in [0.3, 0.4) is 0 Å². The van der Waals surface area contributed by atoms with Crippen LogP contribution in [-0.4, -0.2) is 21.6 Å². The van der Waals surface area contributed by atoms with E-state index in [0.717, 1.165) is 22.3 Å². The smallest absolute Gasteiger partial charge is 0.199 e. The first-order chi connectivity index (χ1) is 13.1. The lowest BCUT2D eigenvalue weighted by Crippen LogP contribution is -2.06. The van der Waals surface area contributed by atoms with Crippen molar-refractivity contribution < 1.29 is 9.15 Å². The molecule has 0 aliphatic heterocycles. The van der Waals surface area contributed by atoms with Gasteiger partial charge in [-0.1, -0.05) is 37.6 Å². The molecule has 0 fully saturated rings. The van der Waals surface area contributed by atoms with Crippen LogP contribution in [0, 0.1) is 5.92 Å². The van der Waals surface area contributed by atoms with Crippen LogP contribution < -0.4 is 4.74 Å². The number of para-hydroxylation sites is 2. The van der Waals surface area contributed by atoms with Crippen LogP contribution in [0.15, 0.2) is 53.1 Å². The minimum absolute atomic E-state index is 0. The summed E-state index contributed by atoms with van der Waals surface area (Å²) in [6.45, 7) is 4.87. The molecule has 0 aliphatic rings. The van der Waals surface area contributed by atoms with E-state index < -0.39 is 0 Å². The lowest BCUT2D eigenvalue weighted by atomic mass is 10.1. The van der Waals surface area contributed by atoms with Gasteiger partial charge in [0.15, 0.2) is 11.7 Å². The Bertz CT molecular complexity index is 1040. The van der Waals surface area contributed by atoms with Gasteiger partial charge in [-0.3, -0.25) is 0 Å². The molecule has 4 rings (SSSR count). The van der Waals surface area contributed by atoms with Crippen LogP contribution in [0.25, 0.3) is 22.6 Å². The lowest BCUT2D eigenvalue weighted by molar-refractivity contribution is 0.268. The summed E-state index contributed by atoms with van der Waals surface area (Å²) in [6, 6.07) is 13.5. The maximum atomic E-state index is 6.17. The molecule has 0 amide bonds. The summed E-state index contributed by atoms with van der Waals surface area (Å²) >= 11 is 6.17. The van der Waals surface area contributed by atoms with Crippen molar-refractivity contribution in [2.75, 3.05) is 6.61 Å². The fourth-order valence-electron chi connectivity index (χ4n) is 2.82. The average Bonchev–Trinajstić information content (AvgIpc) is 3.27. The second-order valence-corrected chi connectivity index (χ2v) is 7.30. The van der Waals surface area contributed by atoms with Crippen molar-refractivity contribution in [2.45, 2.75) is 20.3 Å². The molecule has 2 aromatic heterocycles. The Morgan fingerprint density at radius 1 is 1.14 bits per heavy atom. The van der Waals surface area contributed by atoms with Gasteiger partial charge in [0.05, 0.1) is 24.1 Å². The van der Waals surface area contributed by atoms with E-state index in [9.17, 15) is 0 Å². The third-order valence-electron chi connectivity index (χ3n) is 4.12. The van der Waals surface area contributed by atoms with Crippen LogP contribution in [0.1, 0.15) is 25.3 Å². The highest BCUT2D eigenvalue weighted by Crippen LogP contribution is 2.27. The molecular formula is C21H21Cl2N3O2. The van der Waals surface area contributed by atoms with Crippen molar-refractivity contribution in [1.29, 1.82) is 0 Å². The number of fused-ring (bicyclic) bond motifs is 1. The standard InChI is InChI=1S/C21H20ClN3O2.ClH/c1-13(2)11-26-19-8-7-15(22)9-14(19)10-20-23-18(12-27-20)21-24-16-5-3-4-6-17(16)25-21;/h3-9,12-13H,10-11H2,1-2H3,(H,24,25);1H. The zero-order chi connectivity index (χ0) is 18.8. The predicted molar refractivity (Wildman–Crippen MR) is 113 cm³/mol. The molecular weight excluding hydrogens is 397 g/mol. The van der Waals surface area contributed by atoms with Gasteiger partial charge in [-0.2, -0.15) is 0 Å². The van der Waals surface area contributed by atoms with Crippen molar-refractivity contribution in [2.24, 2.45) is 5.92 Å². The Kier molecular flexibility index (Phi) is 6.27. The molecule has 4 aromatic rings. The van der Waals surface area contributed by atoms with E-state index >= 15 is 0 Å². The van der Waals surface area contributed by atoms with Gasteiger partial charge in [-0.25, -0.2) is 9.97 Å². The molecule has 0 saturated heterocycles. The highest BCUT2D eigenvalue weighted by Gasteiger charge is 2.14. The molecule has 7 heteroatoms. The van der Waals surface area contributed by atoms with Gasteiger partial charge in [-0.05, 0) is 36.2 Å². The van der Waals surface area contributed by atoms with Gasteiger partial charge in [0, 0.05) is 10.6 Å². The predicted octanol–water partition coefficient (Wildman–Crippen LogP) is 5.92. The summed E-state index contributed by atoms with van der Waals surface area (Å²) in [5, 5.41) is 0.658. The minimum Gasteiger partial charge on any atom is -0.493 e. The van der Waals surface area contributed by atoms with Crippen LogP contribution in [0.2, 0.25) is 5.02 Å². The van der Waals surface area contributed by atoms with Gasteiger partial charge in [-0.15, -0.1) is 12.4 Å². The summed E-state index contributed by atoms with van der Waals surface area (Å²) in [5.74, 6) is 2.52. The normalized spacial score (nSPS) is 11.0. The first-order valence-corrected chi connectivity index (χ1v) is 9.27. The first-order valence-electron chi connectivity index (χ1n) is 8.89. The zero-order valence-corrected chi connectivity index (χ0v) is 17.2. The summed E-state index contributed by atoms with van der Waals surface area (Å²) in [4.78, 5) is 12.4. The second kappa shape index (κ2) is 8.67. The van der Waals surface area contributed by atoms with E-state index in [4.69, 9.17) is 20.8 Å². The van der Waals surface area contributed by atoms with Gasteiger partial charge in [0.1, 0.15) is 17.7 Å². The zero-order valence-electron chi connectivity index (χ0n) is 15.6. The minimum atomic E-state index is 0. The Morgan fingerprint density at radius 3 is 2.75 bits per heavy atom. The summed E-state index contributed by atoms with van der Waals surface area (Å²) in [6.07, 6.45) is 2.11. The highest BCUT2D eigenvalue weighted by molar-refractivity contribution is 6.30. The molecule has 0 unspecified atom stereocenters. The fourth-order valence-corrected chi connectivity index (χ4v) is 3.02. The molecule has 0 radical (unpaired) electrons. The Hall–Kier alpha value is -2.50. The molecule has 5 nitrogen and oxygen atoms in total. The molecule has 0 aliphatic carbocycles. The quantitative estimate of drug-likeness (QED) is 0.422. The van der Waals surface area contributed by atoms with Crippen LogP contribution in [0.5, 0.6) is 5.75 Å². The second-order valence-electron chi connectivity index (χ2n) is 6.86. The van der Waals surface area contributed by atoms with Crippen molar-refractivity contribution in [3.05, 3.63) is 65.2 Å². The summed E-state index contributed by atoms with van der Waals surface area (Å²) < 4.78 is 11.6. The monoisotopic (exact) mass is 417 g/mol. The number of rotatable bonds is 6. The van der Waals surface area contributed by atoms with Crippen LogP contribution in [-0.2, 0) is 6.42 Å². The topological polar surface area (TPSA) is 63.9 Å². The lowest BCUT2D eigenvalue weighted by Gasteiger charge is -2.12. The summed E-state index contributed by atoms with van der Waals surface area (Å²) in [5.41, 5.74) is 3.49. The number of hydrogen-bond donors (Lipinski definition) is 1. The summed E-state index contributed by atoms with van der Waals surface area (Å²) in [7, 11) is 0. The van der Waals surface area contributed by atoms with Crippen LogP contribution >= 0.6 is 24.0 Å². The van der Waals surface area contributed by atoms with E-state index in [-0.39, 0.29) is 12.4 Å². The number of imidazole rings is 1. The average molecular weight is 418 g/mol. The number of halogens is 2. The number of nitrogens with zero attached hydrogens (tertiary/aromatic N) is 2. The van der Waals surface area contributed by atoms with E-state index in [1.807, 2.05) is 42.5 Å².